The molecule has 0 saturated carbocycles. The SMILES string of the molecule is NC[C@H](Cc1cccc(COc2ccc(OF)c(OF)c2)c1)C(N)=O. The number of carbonyl (C=O) groups excluding carboxylic acids is 1. The third-order valence-electron chi connectivity index (χ3n) is 3.65. The molecule has 0 aromatic heterocycles. The highest BCUT2D eigenvalue weighted by atomic mass is 19.3. The number of hydrogen-bond donors (Lipinski definition) is 2. The zero-order valence-corrected chi connectivity index (χ0v) is 13.3. The number of halogens is 2. The average Bonchev–Trinajstić information content (AvgIpc) is 2.64. The number of rotatable bonds is 9. The molecule has 25 heavy (non-hydrogen) atoms. The van der Waals surface area contributed by atoms with Crippen LogP contribution in [0.5, 0.6) is 17.2 Å². The van der Waals surface area contributed by atoms with Crippen LogP contribution in [0, 0.1) is 5.92 Å². The van der Waals surface area contributed by atoms with E-state index in [0.29, 0.717) is 6.42 Å². The molecule has 0 saturated heterocycles. The van der Waals surface area contributed by atoms with Crippen molar-refractivity contribution in [2.45, 2.75) is 13.0 Å². The first kappa shape index (κ1) is 18.5. The maximum absolute atomic E-state index is 12.3. The predicted octanol–water partition coefficient (Wildman–Crippen LogP) is 2.39. The second kappa shape index (κ2) is 8.84. The molecule has 0 aliphatic carbocycles. The quantitative estimate of drug-likeness (QED) is 0.722. The van der Waals surface area contributed by atoms with Crippen molar-refractivity contribution in [2.24, 2.45) is 17.4 Å². The Morgan fingerprint density at radius 3 is 2.40 bits per heavy atom. The molecule has 134 valence electrons. The van der Waals surface area contributed by atoms with Gasteiger partial charge in [-0.1, -0.05) is 24.3 Å². The third kappa shape index (κ3) is 5.05. The van der Waals surface area contributed by atoms with Gasteiger partial charge in [0.05, 0.1) is 5.92 Å². The molecule has 6 nitrogen and oxygen atoms in total. The number of amides is 1. The molecule has 0 aliphatic heterocycles. The van der Waals surface area contributed by atoms with Gasteiger partial charge in [0.2, 0.25) is 17.4 Å². The molecule has 0 aliphatic rings. The smallest absolute Gasteiger partial charge is 0.222 e. The fourth-order valence-electron chi connectivity index (χ4n) is 2.30. The lowest BCUT2D eigenvalue weighted by Gasteiger charge is -2.12. The molecule has 1 atom stereocenters. The molecule has 2 aromatic carbocycles. The fraction of sp³-hybridized carbons (Fsp3) is 0.235. The second-order valence-corrected chi connectivity index (χ2v) is 5.41. The lowest BCUT2D eigenvalue weighted by molar-refractivity contribution is -0.121. The van der Waals surface area contributed by atoms with E-state index in [1.807, 2.05) is 24.3 Å². The van der Waals surface area contributed by atoms with E-state index in [-0.39, 0.29) is 18.9 Å². The molecule has 0 fully saturated rings. The fourth-order valence-corrected chi connectivity index (χ4v) is 2.30. The topological polar surface area (TPSA) is 96.8 Å². The molecule has 4 N–H and O–H groups in total. The summed E-state index contributed by atoms with van der Waals surface area (Å²) in [7, 11) is 0. The Morgan fingerprint density at radius 1 is 1.04 bits per heavy atom. The van der Waals surface area contributed by atoms with E-state index in [4.69, 9.17) is 16.2 Å². The maximum atomic E-state index is 12.3. The van der Waals surface area contributed by atoms with Gasteiger partial charge in [0.1, 0.15) is 12.4 Å². The first-order valence-corrected chi connectivity index (χ1v) is 7.48. The highest BCUT2D eigenvalue weighted by Gasteiger charge is 2.14. The number of hydrogen-bond acceptors (Lipinski definition) is 5. The van der Waals surface area contributed by atoms with Crippen LogP contribution in [0.1, 0.15) is 11.1 Å². The van der Waals surface area contributed by atoms with Gasteiger partial charge in [0, 0.05) is 21.7 Å². The largest absolute Gasteiger partial charge is 0.489 e. The summed E-state index contributed by atoms with van der Waals surface area (Å²) in [6, 6.07) is 11.1. The number of nitrogens with two attached hydrogens (primary N) is 2. The molecular formula is C17H18F2N2O4. The first-order valence-electron chi connectivity index (χ1n) is 7.48. The zero-order valence-electron chi connectivity index (χ0n) is 13.3. The molecule has 0 spiro atoms. The monoisotopic (exact) mass is 352 g/mol. The van der Waals surface area contributed by atoms with Gasteiger partial charge in [-0.25, -0.2) is 0 Å². The predicted molar refractivity (Wildman–Crippen MR) is 86.1 cm³/mol. The minimum absolute atomic E-state index is 0.172. The van der Waals surface area contributed by atoms with E-state index in [2.05, 4.69) is 9.88 Å². The summed E-state index contributed by atoms with van der Waals surface area (Å²) in [5.41, 5.74) is 12.6. The average molecular weight is 352 g/mol. The van der Waals surface area contributed by atoms with Crippen LogP contribution < -0.4 is 26.1 Å². The van der Waals surface area contributed by atoms with Crippen molar-refractivity contribution in [3.63, 3.8) is 0 Å². The van der Waals surface area contributed by atoms with E-state index >= 15 is 0 Å². The molecular weight excluding hydrogens is 334 g/mol. The lowest BCUT2D eigenvalue weighted by atomic mass is 9.97. The zero-order chi connectivity index (χ0) is 18.2. The molecule has 2 rings (SSSR count). The summed E-state index contributed by atoms with van der Waals surface area (Å²) in [6.07, 6.45) is 0.433. The van der Waals surface area contributed by atoms with Gasteiger partial charge < -0.3 is 16.2 Å². The summed E-state index contributed by atoms with van der Waals surface area (Å²) in [5, 5.41) is 0. The van der Waals surface area contributed by atoms with E-state index < -0.39 is 23.3 Å². The molecule has 0 unspecified atom stereocenters. The molecule has 8 heteroatoms. The standard InChI is InChI=1S/C17H18F2N2O4/c18-24-15-5-4-14(8-16(15)25-19)23-10-12-3-1-2-11(6-12)7-13(9-20)17(21)22/h1-6,8,13H,7,9-10,20H2,(H2,21,22)/t13-/m0/s1. The normalized spacial score (nSPS) is 11.6. The second-order valence-electron chi connectivity index (χ2n) is 5.41. The van der Waals surface area contributed by atoms with Gasteiger partial charge in [-0.05, 0) is 29.7 Å². The Labute approximate surface area is 143 Å². The van der Waals surface area contributed by atoms with Crippen LogP contribution in [0.15, 0.2) is 42.5 Å². The van der Waals surface area contributed by atoms with Gasteiger partial charge in [-0.3, -0.25) is 14.7 Å². The van der Waals surface area contributed by atoms with Gasteiger partial charge in [-0.15, -0.1) is 0 Å². The summed E-state index contributed by atoms with van der Waals surface area (Å²) in [6.45, 7) is 0.352. The van der Waals surface area contributed by atoms with Crippen LogP contribution in [0.4, 0.5) is 9.05 Å². The molecule has 0 heterocycles. The number of primary amides is 1. The molecule has 2 aromatic rings. The minimum atomic E-state index is -0.446. The summed E-state index contributed by atoms with van der Waals surface area (Å²) < 4.78 is 30.0. The van der Waals surface area contributed by atoms with Crippen molar-refractivity contribution in [2.75, 3.05) is 6.54 Å². The van der Waals surface area contributed by atoms with Crippen molar-refractivity contribution in [1.29, 1.82) is 0 Å². The van der Waals surface area contributed by atoms with Crippen LogP contribution >= 0.6 is 0 Å². The van der Waals surface area contributed by atoms with E-state index in [1.165, 1.54) is 12.1 Å². The summed E-state index contributed by atoms with van der Waals surface area (Å²) in [4.78, 5) is 18.3. The van der Waals surface area contributed by atoms with Gasteiger partial charge in [-0.2, -0.15) is 0 Å². The van der Waals surface area contributed by atoms with E-state index in [9.17, 15) is 13.8 Å². The molecule has 1 amide bonds. The highest BCUT2D eigenvalue weighted by molar-refractivity contribution is 5.77. The number of ether oxygens (including phenoxy) is 1. The molecule has 0 radical (unpaired) electrons. The van der Waals surface area contributed by atoms with Gasteiger partial charge in [0.25, 0.3) is 0 Å². The Hall–Kier alpha value is -2.87. The summed E-state index contributed by atoms with van der Waals surface area (Å²) in [5.74, 6) is -1.43. The Morgan fingerprint density at radius 2 is 1.76 bits per heavy atom. The van der Waals surface area contributed by atoms with Gasteiger partial charge in [0.15, 0.2) is 0 Å². The van der Waals surface area contributed by atoms with Crippen LogP contribution in [0.3, 0.4) is 0 Å². The van der Waals surface area contributed by atoms with E-state index in [1.54, 1.807) is 0 Å². The van der Waals surface area contributed by atoms with Crippen LogP contribution in [-0.4, -0.2) is 12.5 Å². The van der Waals surface area contributed by atoms with Crippen LogP contribution in [0.25, 0.3) is 0 Å². The van der Waals surface area contributed by atoms with Crippen LogP contribution in [-0.2, 0) is 17.8 Å². The molecule has 0 bridgehead atoms. The lowest BCUT2D eigenvalue weighted by Crippen LogP contribution is -2.31. The van der Waals surface area contributed by atoms with Crippen molar-refractivity contribution < 1.29 is 28.5 Å². The number of carbonyl (C=O) groups is 1. The first-order chi connectivity index (χ1) is 12.1. The van der Waals surface area contributed by atoms with Gasteiger partial charge >= 0.3 is 0 Å². The Bertz CT molecular complexity index is 728. The van der Waals surface area contributed by atoms with Crippen molar-refractivity contribution >= 4 is 5.91 Å². The van der Waals surface area contributed by atoms with Crippen LogP contribution in [0.2, 0.25) is 0 Å². The van der Waals surface area contributed by atoms with Crippen molar-refractivity contribution in [3.05, 3.63) is 53.6 Å². The summed E-state index contributed by atoms with van der Waals surface area (Å²) >= 11 is 0. The van der Waals surface area contributed by atoms with E-state index in [0.717, 1.165) is 17.2 Å². The third-order valence-corrected chi connectivity index (χ3v) is 3.65. The van der Waals surface area contributed by atoms with Crippen molar-refractivity contribution in [1.82, 2.24) is 0 Å². The minimum Gasteiger partial charge on any atom is -0.489 e. The highest BCUT2D eigenvalue weighted by Crippen LogP contribution is 2.32. The maximum Gasteiger partial charge on any atom is 0.222 e. The Kier molecular flexibility index (Phi) is 6.53. The Balaban J connectivity index is 2.04. The number of benzene rings is 2. The van der Waals surface area contributed by atoms with Crippen molar-refractivity contribution in [3.8, 4) is 17.2 Å².